The smallest absolute Gasteiger partial charge is 0.130 e. The molecule has 0 spiro atoms. The summed E-state index contributed by atoms with van der Waals surface area (Å²) in [5, 5.41) is 0.905. The molecular formula is C9H7Cl2NO. The third kappa shape index (κ3) is 3.23. The van der Waals surface area contributed by atoms with Crippen molar-refractivity contribution in [2.75, 3.05) is 6.61 Å². The lowest BCUT2D eigenvalue weighted by Gasteiger charge is -2.02. The summed E-state index contributed by atoms with van der Waals surface area (Å²) in [5.74, 6) is 2.36. The molecule has 0 aliphatic rings. The van der Waals surface area contributed by atoms with Gasteiger partial charge in [0.2, 0.25) is 0 Å². The molecule has 1 aromatic heterocycles. The summed E-state index contributed by atoms with van der Waals surface area (Å²) in [6, 6.07) is 1.57. The van der Waals surface area contributed by atoms with Gasteiger partial charge in [0, 0.05) is 11.8 Å². The van der Waals surface area contributed by atoms with Gasteiger partial charge in [-0.2, -0.15) is 0 Å². The fourth-order valence-corrected chi connectivity index (χ4v) is 1.18. The molecule has 0 atom stereocenters. The number of hydrogen-bond donors (Lipinski definition) is 0. The largest absolute Gasteiger partial charge is 0.364 e. The van der Waals surface area contributed by atoms with E-state index in [0.717, 1.165) is 5.56 Å². The van der Waals surface area contributed by atoms with Crippen molar-refractivity contribution in [1.29, 1.82) is 0 Å². The Morgan fingerprint density at radius 1 is 1.54 bits per heavy atom. The Bertz CT molecular complexity index is 333. The maximum Gasteiger partial charge on any atom is 0.130 e. The van der Waals surface area contributed by atoms with Gasteiger partial charge in [0.1, 0.15) is 11.8 Å². The van der Waals surface area contributed by atoms with Crippen molar-refractivity contribution in [3.8, 4) is 12.3 Å². The Morgan fingerprint density at radius 2 is 2.31 bits per heavy atom. The van der Waals surface area contributed by atoms with Gasteiger partial charge in [0.05, 0.1) is 11.6 Å². The van der Waals surface area contributed by atoms with Crippen LogP contribution in [0.1, 0.15) is 5.56 Å². The molecule has 4 heteroatoms. The number of nitrogens with zero attached hydrogens (tertiary/aromatic N) is 1. The van der Waals surface area contributed by atoms with E-state index in [0.29, 0.717) is 16.8 Å². The first-order valence-corrected chi connectivity index (χ1v) is 4.30. The van der Waals surface area contributed by atoms with Gasteiger partial charge in [-0.3, -0.25) is 0 Å². The predicted molar refractivity (Wildman–Crippen MR) is 52.7 cm³/mol. The van der Waals surface area contributed by atoms with E-state index in [-0.39, 0.29) is 6.61 Å². The second kappa shape index (κ2) is 5.08. The van der Waals surface area contributed by atoms with Crippen LogP contribution in [0.3, 0.4) is 0 Å². The van der Waals surface area contributed by atoms with Crippen LogP contribution in [0.4, 0.5) is 0 Å². The van der Waals surface area contributed by atoms with Crippen molar-refractivity contribution < 1.29 is 4.74 Å². The van der Waals surface area contributed by atoms with Crippen molar-refractivity contribution in [1.82, 2.24) is 4.98 Å². The standard InChI is InChI=1S/C9H7Cl2NO/c1-2-3-13-6-7-5-12-9(11)4-8(7)10/h1,4-5H,3,6H2. The Morgan fingerprint density at radius 3 is 2.92 bits per heavy atom. The minimum atomic E-state index is 0.263. The maximum absolute atomic E-state index is 5.85. The van der Waals surface area contributed by atoms with Gasteiger partial charge in [0.15, 0.2) is 0 Å². The second-order valence-electron chi connectivity index (χ2n) is 2.30. The zero-order chi connectivity index (χ0) is 9.68. The van der Waals surface area contributed by atoms with Crippen molar-refractivity contribution in [2.24, 2.45) is 0 Å². The van der Waals surface area contributed by atoms with Gasteiger partial charge in [-0.05, 0) is 6.07 Å². The van der Waals surface area contributed by atoms with E-state index < -0.39 is 0 Å². The molecule has 68 valence electrons. The van der Waals surface area contributed by atoms with Crippen molar-refractivity contribution >= 4 is 23.2 Å². The summed E-state index contributed by atoms with van der Waals surface area (Å²) in [5.41, 5.74) is 0.779. The molecule has 0 aromatic carbocycles. The molecule has 0 saturated carbocycles. The van der Waals surface area contributed by atoms with Gasteiger partial charge in [-0.1, -0.05) is 29.1 Å². The van der Waals surface area contributed by atoms with Crippen LogP contribution in [0.15, 0.2) is 12.3 Å². The van der Waals surface area contributed by atoms with E-state index in [9.17, 15) is 0 Å². The van der Waals surface area contributed by atoms with Crippen LogP contribution >= 0.6 is 23.2 Å². The van der Waals surface area contributed by atoms with Crippen LogP contribution in [0.5, 0.6) is 0 Å². The zero-order valence-corrected chi connectivity index (χ0v) is 8.27. The lowest BCUT2D eigenvalue weighted by Crippen LogP contribution is -1.94. The van der Waals surface area contributed by atoms with Crippen LogP contribution in [-0.2, 0) is 11.3 Å². The summed E-state index contributed by atoms with van der Waals surface area (Å²) < 4.78 is 5.09. The van der Waals surface area contributed by atoms with E-state index in [1.165, 1.54) is 0 Å². The highest BCUT2D eigenvalue weighted by Gasteiger charge is 2.01. The van der Waals surface area contributed by atoms with Crippen LogP contribution < -0.4 is 0 Å². The van der Waals surface area contributed by atoms with Crippen molar-refractivity contribution in [2.45, 2.75) is 6.61 Å². The number of ether oxygens (including phenoxy) is 1. The molecule has 1 aromatic rings. The highest BCUT2D eigenvalue weighted by atomic mass is 35.5. The van der Waals surface area contributed by atoms with Crippen LogP contribution in [0.2, 0.25) is 10.2 Å². The SMILES string of the molecule is C#CCOCc1cnc(Cl)cc1Cl. The summed E-state index contributed by atoms with van der Waals surface area (Å²) >= 11 is 11.5. The molecule has 0 N–H and O–H groups in total. The number of terminal acetylenes is 1. The number of aromatic nitrogens is 1. The van der Waals surface area contributed by atoms with Gasteiger partial charge in [-0.15, -0.1) is 6.42 Å². The average molecular weight is 216 g/mol. The Kier molecular flexibility index (Phi) is 4.04. The Labute approximate surface area is 86.8 Å². The quantitative estimate of drug-likeness (QED) is 0.440. The van der Waals surface area contributed by atoms with E-state index in [2.05, 4.69) is 10.9 Å². The predicted octanol–water partition coefficient (Wildman–Crippen LogP) is 2.54. The first-order chi connectivity index (χ1) is 6.24. The molecule has 0 unspecified atom stereocenters. The highest BCUT2D eigenvalue weighted by Crippen LogP contribution is 2.18. The van der Waals surface area contributed by atoms with Crippen LogP contribution in [0.25, 0.3) is 0 Å². The molecule has 2 nitrogen and oxygen atoms in total. The van der Waals surface area contributed by atoms with Gasteiger partial charge in [0.25, 0.3) is 0 Å². The average Bonchev–Trinajstić information content (AvgIpc) is 2.09. The fraction of sp³-hybridized carbons (Fsp3) is 0.222. The van der Waals surface area contributed by atoms with E-state index in [4.69, 9.17) is 34.4 Å². The fourth-order valence-electron chi connectivity index (χ4n) is 0.762. The lowest BCUT2D eigenvalue weighted by atomic mass is 10.3. The lowest BCUT2D eigenvalue weighted by molar-refractivity contribution is 0.153. The number of rotatable bonds is 3. The molecule has 0 aliphatic carbocycles. The summed E-state index contributed by atoms with van der Waals surface area (Å²) in [6.07, 6.45) is 6.58. The second-order valence-corrected chi connectivity index (χ2v) is 3.09. The highest BCUT2D eigenvalue weighted by molar-refractivity contribution is 6.34. The molecule has 13 heavy (non-hydrogen) atoms. The van der Waals surface area contributed by atoms with E-state index >= 15 is 0 Å². The number of hydrogen-bond acceptors (Lipinski definition) is 2. The van der Waals surface area contributed by atoms with E-state index in [1.54, 1.807) is 12.3 Å². The van der Waals surface area contributed by atoms with Gasteiger partial charge < -0.3 is 4.74 Å². The minimum absolute atomic E-state index is 0.263. The van der Waals surface area contributed by atoms with E-state index in [1.807, 2.05) is 0 Å². The molecule has 1 heterocycles. The minimum Gasteiger partial charge on any atom is -0.364 e. The van der Waals surface area contributed by atoms with Crippen molar-refractivity contribution in [3.05, 3.63) is 28.0 Å². The monoisotopic (exact) mass is 215 g/mol. The van der Waals surface area contributed by atoms with Gasteiger partial charge in [-0.25, -0.2) is 4.98 Å². The summed E-state index contributed by atoms with van der Waals surface area (Å²) in [6.45, 7) is 0.617. The van der Waals surface area contributed by atoms with Crippen molar-refractivity contribution in [3.63, 3.8) is 0 Å². The van der Waals surface area contributed by atoms with Gasteiger partial charge >= 0.3 is 0 Å². The third-order valence-corrected chi connectivity index (χ3v) is 1.90. The molecule has 0 amide bonds. The normalized spacial score (nSPS) is 9.62. The van der Waals surface area contributed by atoms with Crippen LogP contribution in [-0.4, -0.2) is 11.6 Å². The molecule has 0 aliphatic heterocycles. The molecule has 0 saturated heterocycles. The first-order valence-electron chi connectivity index (χ1n) is 3.55. The Hall–Kier alpha value is -0.750. The summed E-state index contributed by atoms with van der Waals surface area (Å²) in [7, 11) is 0. The molecule has 0 radical (unpaired) electrons. The number of halogens is 2. The zero-order valence-electron chi connectivity index (χ0n) is 6.76. The third-order valence-electron chi connectivity index (χ3n) is 1.34. The molecular weight excluding hydrogens is 209 g/mol. The summed E-state index contributed by atoms with van der Waals surface area (Å²) in [4.78, 5) is 3.87. The molecule has 0 fully saturated rings. The van der Waals surface area contributed by atoms with Crippen LogP contribution in [0, 0.1) is 12.3 Å². The number of pyridine rings is 1. The Balaban J connectivity index is 2.62. The molecule has 1 rings (SSSR count). The first kappa shape index (κ1) is 10.3. The topological polar surface area (TPSA) is 22.1 Å². The molecule has 0 bridgehead atoms. The maximum atomic E-state index is 5.85.